The van der Waals surface area contributed by atoms with E-state index in [0.29, 0.717) is 10.7 Å². The first-order valence-corrected chi connectivity index (χ1v) is 7.43. The van der Waals surface area contributed by atoms with Crippen molar-refractivity contribution in [3.8, 4) is 0 Å². The molecule has 2 rings (SSSR count). The van der Waals surface area contributed by atoms with E-state index in [1.54, 1.807) is 29.2 Å². The molecule has 1 fully saturated rings. The zero-order valence-electron chi connectivity index (χ0n) is 11.7. The SMILES string of the molecule is O=C(O)CN(CC(=O)Nc1cccc(Cl)c1)C1CCCC1. The van der Waals surface area contributed by atoms with E-state index in [1.165, 1.54) is 0 Å². The van der Waals surface area contributed by atoms with Crippen LogP contribution in [-0.2, 0) is 9.59 Å². The molecule has 114 valence electrons. The summed E-state index contributed by atoms with van der Waals surface area (Å²) in [5, 5.41) is 12.3. The Morgan fingerprint density at radius 2 is 2.00 bits per heavy atom. The minimum Gasteiger partial charge on any atom is -0.480 e. The Morgan fingerprint density at radius 1 is 1.29 bits per heavy atom. The number of carboxylic acid groups (broad SMARTS) is 1. The largest absolute Gasteiger partial charge is 0.480 e. The summed E-state index contributed by atoms with van der Waals surface area (Å²) in [7, 11) is 0. The molecule has 0 atom stereocenters. The fourth-order valence-electron chi connectivity index (χ4n) is 2.71. The van der Waals surface area contributed by atoms with E-state index in [2.05, 4.69) is 5.32 Å². The van der Waals surface area contributed by atoms with Crippen LogP contribution in [0.15, 0.2) is 24.3 Å². The predicted molar refractivity (Wildman–Crippen MR) is 81.5 cm³/mol. The van der Waals surface area contributed by atoms with Gasteiger partial charge in [0.25, 0.3) is 0 Å². The van der Waals surface area contributed by atoms with Gasteiger partial charge in [-0.15, -0.1) is 0 Å². The molecule has 0 radical (unpaired) electrons. The molecule has 6 heteroatoms. The molecule has 21 heavy (non-hydrogen) atoms. The zero-order chi connectivity index (χ0) is 15.2. The van der Waals surface area contributed by atoms with Crippen LogP contribution in [0, 0.1) is 0 Å². The van der Waals surface area contributed by atoms with Gasteiger partial charge in [0.05, 0.1) is 13.1 Å². The first-order valence-electron chi connectivity index (χ1n) is 7.06. The van der Waals surface area contributed by atoms with Crippen molar-refractivity contribution in [2.24, 2.45) is 0 Å². The van der Waals surface area contributed by atoms with E-state index < -0.39 is 5.97 Å². The van der Waals surface area contributed by atoms with E-state index in [0.717, 1.165) is 25.7 Å². The first kappa shape index (κ1) is 15.8. The van der Waals surface area contributed by atoms with Gasteiger partial charge in [-0.2, -0.15) is 0 Å². The zero-order valence-corrected chi connectivity index (χ0v) is 12.5. The molecule has 0 saturated heterocycles. The number of anilines is 1. The van der Waals surface area contributed by atoms with Crippen LogP contribution in [0.4, 0.5) is 5.69 Å². The number of carbonyl (C=O) groups excluding carboxylic acids is 1. The van der Waals surface area contributed by atoms with Crippen molar-refractivity contribution in [1.82, 2.24) is 4.90 Å². The fraction of sp³-hybridized carbons (Fsp3) is 0.467. The monoisotopic (exact) mass is 310 g/mol. The van der Waals surface area contributed by atoms with Gasteiger partial charge in [-0.05, 0) is 31.0 Å². The van der Waals surface area contributed by atoms with Crippen LogP contribution in [0.1, 0.15) is 25.7 Å². The first-order chi connectivity index (χ1) is 10.0. The fourth-order valence-corrected chi connectivity index (χ4v) is 2.90. The van der Waals surface area contributed by atoms with Crippen LogP contribution in [-0.4, -0.2) is 41.0 Å². The van der Waals surface area contributed by atoms with Crippen molar-refractivity contribution in [2.75, 3.05) is 18.4 Å². The van der Waals surface area contributed by atoms with Crippen LogP contribution in [0.3, 0.4) is 0 Å². The summed E-state index contributed by atoms with van der Waals surface area (Å²) in [4.78, 5) is 24.8. The maximum absolute atomic E-state index is 12.1. The molecule has 1 saturated carbocycles. The maximum Gasteiger partial charge on any atom is 0.317 e. The minimum atomic E-state index is -0.905. The van der Waals surface area contributed by atoms with Crippen molar-refractivity contribution in [1.29, 1.82) is 0 Å². The number of halogens is 1. The third-order valence-electron chi connectivity index (χ3n) is 3.63. The number of hydrogen-bond acceptors (Lipinski definition) is 3. The van der Waals surface area contributed by atoms with Crippen LogP contribution >= 0.6 is 11.6 Å². The molecule has 0 heterocycles. The highest BCUT2D eigenvalue weighted by Crippen LogP contribution is 2.23. The number of carboxylic acids is 1. The topological polar surface area (TPSA) is 69.6 Å². The van der Waals surface area contributed by atoms with Gasteiger partial charge in [0.15, 0.2) is 0 Å². The second-order valence-electron chi connectivity index (χ2n) is 5.30. The van der Waals surface area contributed by atoms with Gasteiger partial charge < -0.3 is 10.4 Å². The second-order valence-corrected chi connectivity index (χ2v) is 5.73. The molecule has 1 amide bonds. The lowest BCUT2D eigenvalue weighted by Crippen LogP contribution is -2.42. The number of carbonyl (C=O) groups is 2. The van der Waals surface area contributed by atoms with Gasteiger partial charge >= 0.3 is 5.97 Å². The Morgan fingerprint density at radius 3 is 2.62 bits per heavy atom. The van der Waals surface area contributed by atoms with E-state index in [-0.39, 0.29) is 25.0 Å². The average molecular weight is 311 g/mol. The van der Waals surface area contributed by atoms with Crippen LogP contribution in [0.5, 0.6) is 0 Å². The number of hydrogen-bond donors (Lipinski definition) is 2. The van der Waals surface area contributed by atoms with E-state index in [1.807, 2.05) is 0 Å². The summed E-state index contributed by atoms with van der Waals surface area (Å²) in [6, 6.07) is 7.08. The highest BCUT2D eigenvalue weighted by Gasteiger charge is 2.26. The Kier molecular flexibility index (Phi) is 5.59. The van der Waals surface area contributed by atoms with Crippen LogP contribution in [0.2, 0.25) is 5.02 Å². The summed E-state index contributed by atoms with van der Waals surface area (Å²) < 4.78 is 0. The van der Waals surface area contributed by atoms with Gasteiger partial charge in [-0.3, -0.25) is 14.5 Å². The summed E-state index contributed by atoms with van der Waals surface area (Å²) in [6.45, 7) is -0.0168. The third kappa shape index (κ3) is 5.02. The molecular formula is C15H19ClN2O3. The highest BCUT2D eigenvalue weighted by atomic mass is 35.5. The Bertz CT molecular complexity index is 515. The van der Waals surface area contributed by atoms with Crippen molar-refractivity contribution in [3.63, 3.8) is 0 Å². The highest BCUT2D eigenvalue weighted by molar-refractivity contribution is 6.30. The van der Waals surface area contributed by atoms with Gasteiger partial charge in [-0.1, -0.05) is 30.5 Å². The molecule has 2 N–H and O–H groups in total. The molecule has 0 bridgehead atoms. The smallest absolute Gasteiger partial charge is 0.317 e. The third-order valence-corrected chi connectivity index (χ3v) is 3.87. The lowest BCUT2D eigenvalue weighted by molar-refractivity contribution is -0.139. The van der Waals surface area contributed by atoms with E-state index in [4.69, 9.17) is 16.7 Å². The standard InChI is InChI=1S/C15H19ClN2O3/c16-11-4-3-5-12(8-11)17-14(19)9-18(10-15(20)21)13-6-1-2-7-13/h3-5,8,13H,1-2,6-7,9-10H2,(H,17,19)(H,20,21). The molecule has 1 aliphatic carbocycles. The Hall–Kier alpha value is -1.59. The van der Waals surface area contributed by atoms with E-state index in [9.17, 15) is 9.59 Å². The molecule has 0 aliphatic heterocycles. The summed E-state index contributed by atoms with van der Waals surface area (Å²) in [6.07, 6.45) is 4.10. The van der Waals surface area contributed by atoms with E-state index >= 15 is 0 Å². The Balaban J connectivity index is 1.95. The number of rotatable bonds is 6. The van der Waals surface area contributed by atoms with Gasteiger partial charge in [-0.25, -0.2) is 0 Å². The van der Waals surface area contributed by atoms with Crippen LogP contribution in [0.25, 0.3) is 0 Å². The molecule has 1 aromatic rings. The number of nitrogens with one attached hydrogen (secondary N) is 1. The number of nitrogens with zero attached hydrogens (tertiary/aromatic N) is 1. The van der Waals surface area contributed by atoms with Gasteiger partial charge in [0, 0.05) is 16.8 Å². The Labute approximate surface area is 128 Å². The molecule has 1 aromatic carbocycles. The summed E-state index contributed by atoms with van der Waals surface area (Å²) >= 11 is 5.87. The molecule has 0 spiro atoms. The number of amides is 1. The van der Waals surface area contributed by atoms with Gasteiger partial charge in [0.2, 0.25) is 5.91 Å². The molecular weight excluding hydrogens is 292 g/mol. The average Bonchev–Trinajstić information content (AvgIpc) is 2.91. The van der Waals surface area contributed by atoms with Crippen molar-refractivity contribution in [2.45, 2.75) is 31.7 Å². The lowest BCUT2D eigenvalue weighted by Gasteiger charge is -2.26. The quantitative estimate of drug-likeness (QED) is 0.847. The van der Waals surface area contributed by atoms with Crippen LogP contribution < -0.4 is 5.32 Å². The van der Waals surface area contributed by atoms with Crippen molar-refractivity contribution < 1.29 is 14.7 Å². The van der Waals surface area contributed by atoms with Crippen molar-refractivity contribution in [3.05, 3.63) is 29.3 Å². The summed E-state index contributed by atoms with van der Waals surface area (Å²) in [5.41, 5.74) is 0.620. The predicted octanol–water partition coefficient (Wildman–Crippen LogP) is 2.61. The summed E-state index contributed by atoms with van der Waals surface area (Å²) in [5.74, 6) is -1.12. The lowest BCUT2D eigenvalue weighted by atomic mass is 10.2. The molecule has 1 aliphatic rings. The molecule has 0 unspecified atom stereocenters. The molecule has 0 aromatic heterocycles. The normalized spacial score (nSPS) is 15.3. The maximum atomic E-state index is 12.1. The van der Waals surface area contributed by atoms with Crippen molar-refractivity contribution >= 4 is 29.2 Å². The minimum absolute atomic E-state index is 0.0868. The number of benzene rings is 1. The molecule has 5 nitrogen and oxygen atoms in total. The number of aliphatic carboxylic acids is 1. The second kappa shape index (κ2) is 7.43. The van der Waals surface area contributed by atoms with Gasteiger partial charge in [0.1, 0.15) is 0 Å².